The molecular formula is C24H25FN4O4S. The van der Waals surface area contributed by atoms with Crippen molar-refractivity contribution in [2.24, 2.45) is 7.05 Å². The van der Waals surface area contributed by atoms with Crippen LogP contribution in [0.1, 0.15) is 23.3 Å². The van der Waals surface area contributed by atoms with Gasteiger partial charge in [-0.05, 0) is 42.5 Å². The molecule has 2 aromatic carbocycles. The lowest BCUT2D eigenvalue weighted by atomic mass is 10.0. The molecular weight excluding hydrogens is 459 g/mol. The molecule has 34 heavy (non-hydrogen) atoms. The summed E-state index contributed by atoms with van der Waals surface area (Å²) >= 11 is 0. The fraction of sp³-hybridized carbons (Fsp3) is 0.333. The zero-order valence-corrected chi connectivity index (χ0v) is 19.5. The number of piperidine rings is 1. The van der Waals surface area contributed by atoms with Gasteiger partial charge in [-0.3, -0.25) is 9.48 Å². The van der Waals surface area contributed by atoms with Gasteiger partial charge in [-0.25, -0.2) is 12.8 Å². The van der Waals surface area contributed by atoms with Crippen molar-refractivity contribution >= 4 is 15.9 Å². The van der Waals surface area contributed by atoms with Gasteiger partial charge >= 0.3 is 0 Å². The number of nitrogens with zero attached hydrogens (tertiary/aromatic N) is 4. The summed E-state index contributed by atoms with van der Waals surface area (Å²) in [6.45, 7) is 1.32. The third-order valence-corrected chi connectivity index (χ3v) is 8.49. The Morgan fingerprint density at radius 3 is 2.38 bits per heavy atom. The molecule has 10 heteroatoms. The van der Waals surface area contributed by atoms with Gasteiger partial charge in [-0.2, -0.15) is 9.40 Å². The van der Waals surface area contributed by atoms with Crippen LogP contribution in [-0.4, -0.2) is 65.3 Å². The number of benzene rings is 2. The standard InChI is InChI=1S/C24H25FN4O4S/c1-27-22(17-21(26-27)18-7-9-19(25)10-8-18)23(30)28-13-11-24(12-14-28)29(15-16-33-24)34(31,32)20-5-3-2-4-6-20/h2-10,17H,11-16H2,1H3. The molecule has 178 valence electrons. The second-order valence-electron chi connectivity index (χ2n) is 8.52. The Hall–Kier alpha value is -3.08. The van der Waals surface area contributed by atoms with E-state index in [1.165, 1.54) is 21.1 Å². The molecule has 0 bridgehead atoms. The van der Waals surface area contributed by atoms with Crippen molar-refractivity contribution in [3.05, 3.63) is 72.2 Å². The second-order valence-corrected chi connectivity index (χ2v) is 10.4. The van der Waals surface area contributed by atoms with Crippen molar-refractivity contribution in [2.45, 2.75) is 23.5 Å². The van der Waals surface area contributed by atoms with Crippen LogP contribution in [0.4, 0.5) is 4.39 Å². The van der Waals surface area contributed by atoms with Crippen molar-refractivity contribution in [2.75, 3.05) is 26.2 Å². The first kappa shape index (κ1) is 22.7. The number of aromatic nitrogens is 2. The van der Waals surface area contributed by atoms with E-state index in [2.05, 4.69) is 5.10 Å². The maximum atomic E-state index is 13.3. The maximum Gasteiger partial charge on any atom is 0.272 e. The van der Waals surface area contributed by atoms with Crippen LogP contribution in [0, 0.1) is 5.82 Å². The SMILES string of the molecule is Cn1nc(-c2ccc(F)cc2)cc1C(=O)N1CCC2(CC1)OCCN2S(=O)(=O)c1ccccc1. The fourth-order valence-corrected chi connectivity index (χ4v) is 6.44. The predicted octanol–water partition coefficient (Wildman–Crippen LogP) is 2.88. The molecule has 2 saturated heterocycles. The highest BCUT2D eigenvalue weighted by molar-refractivity contribution is 7.89. The van der Waals surface area contributed by atoms with E-state index in [9.17, 15) is 17.6 Å². The molecule has 0 atom stereocenters. The molecule has 2 fully saturated rings. The lowest BCUT2D eigenvalue weighted by Gasteiger charge is -2.42. The van der Waals surface area contributed by atoms with Crippen LogP contribution < -0.4 is 0 Å². The summed E-state index contributed by atoms with van der Waals surface area (Å²) < 4.78 is 48.8. The highest BCUT2D eigenvalue weighted by atomic mass is 32.2. The molecule has 2 aliphatic heterocycles. The minimum Gasteiger partial charge on any atom is -0.358 e. The van der Waals surface area contributed by atoms with Gasteiger partial charge in [0.05, 0.1) is 17.2 Å². The van der Waals surface area contributed by atoms with Crippen LogP contribution in [0.3, 0.4) is 0 Å². The van der Waals surface area contributed by atoms with Crippen LogP contribution in [0.5, 0.6) is 0 Å². The Bertz CT molecular complexity index is 1300. The number of amides is 1. The van der Waals surface area contributed by atoms with Crippen molar-refractivity contribution < 1.29 is 22.3 Å². The Labute approximate surface area is 197 Å². The third-order valence-electron chi connectivity index (χ3n) is 6.52. The summed E-state index contributed by atoms with van der Waals surface area (Å²) in [5.41, 5.74) is 0.765. The summed E-state index contributed by atoms with van der Waals surface area (Å²) in [4.78, 5) is 15.2. The molecule has 1 amide bonds. The summed E-state index contributed by atoms with van der Waals surface area (Å²) in [5.74, 6) is -0.524. The van der Waals surface area contributed by atoms with E-state index < -0.39 is 15.7 Å². The molecule has 0 N–H and O–H groups in total. The topological polar surface area (TPSA) is 84.7 Å². The van der Waals surface area contributed by atoms with E-state index >= 15 is 0 Å². The van der Waals surface area contributed by atoms with Crippen molar-refractivity contribution in [1.82, 2.24) is 19.0 Å². The smallest absolute Gasteiger partial charge is 0.272 e. The molecule has 0 saturated carbocycles. The lowest BCUT2D eigenvalue weighted by molar-refractivity contribution is -0.0857. The molecule has 2 aliphatic rings. The Balaban J connectivity index is 1.32. The summed E-state index contributed by atoms with van der Waals surface area (Å²) in [6, 6.07) is 16.0. The fourth-order valence-electron chi connectivity index (χ4n) is 4.70. The first-order valence-corrected chi connectivity index (χ1v) is 12.6. The van der Waals surface area contributed by atoms with Crippen LogP contribution >= 0.6 is 0 Å². The highest BCUT2D eigenvalue weighted by Crippen LogP contribution is 2.38. The number of hydrogen-bond acceptors (Lipinski definition) is 5. The number of rotatable bonds is 4. The molecule has 5 rings (SSSR count). The predicted molar refractivity (Wildman–Crippen MR) is 123 cm³/mol. The van der Waals surface area contributed by atoms with Gasteiger partial charge in [0, 0.05) is 45.1 Å². The largest absolute Gasteiger partial charge is 0.358 e. The zero-order chi connectivity index (χ0) is 23.9. The Kier molecular flexibility index (Phi) is 5.75. The number of sulfonamides is 1. The summed E-state index contributed by atoms with van der Waals surface area (Å²) in [7, 11) is -2.02. The number of halogens is 1. The Morgan fingerprint density at radius 2 is 1.71 bits per heavy atom. The van der Waals surface area contributed by atoms with Gasteiger partial charge in [0.2, 0.25) is 10.0 Å². The van der Waals surface area contributed by atoms with E-state index in [0.717, 1.165) is 5.56 Å². The summed E-state index contributed by atoms with van der Waals surface area (Å²) in [6.07, 6.45) is 0.765. The monoisotopic (exact) mass is 484 g/mol. The van der Waals surface area contributed by atoms with Crippen LogP contribution in [0.2, 0.25) is 0 Å². The van der Waals surface area contributed by atoms with Gasteiger partial charge in [0.15, 0.2) is 0 Å². The number of carbonyl (C=O) groups is 1. The lowest BCUT2D eigenvalue weighted by Crippen LogP contribution is -2.55. The number of aryl methyl sites for hydroxylation is 1. The van der Waals surface area contributed by atoms with E-state index in [4.69, 9.17) is 4.74 Å². The van der Waals surface area contributed by atoms with Crippen molar-refractivity contribution in [3.8, 4) is 11.3 Å². The van der Waals surface area contributed by atoms with E-state index in [0.29, 0.717) is 43.9 Å². The van der Waals surface area contributed by atoms with Gasteiger partial charge in [-0.1, -0.05) is 18.2 Å². The van der Waals surface area contributed by atoms with Gasteiger partial charge in [-0.15, -0.1) is 0 Å². The third kappa shape index (κ3) is 3.91. The van der Waals surface area contributed by atoms with E-state index in [1.807, 2.05) is 0 Å². The van der Waals surface area contributed by atoms with Crippen molar-refractivity contribution in [3.63, 3.8) is 0 Å². The van der Waals surface area contributed by atoms with E-state index in [-0.39, 0.29) is 23.2 Å². The molecule has 3 heterocycles. The molecule has 3 aromatic rings. The van der Waals surface area contributed by atoms with Crippen LogP contribution in [-0.2, 0) is 21.8 Å². The molecule has 0 unspecified atom stereocenters. The minimum absolute atomic E-state index is 0.186. The second kappa shape index (κ2) is 8.61. The number of hydrogen-bond donors (Lipinski definition) is 0. The van der Waals surface area contributed by atoms with Gasteiger partial charge < -0.3 is 9.64 Å². The molecule has 8 nitrogen and oxygen atoms in total. The van der Waals surface area contributed by atoms with E-state index in [1.54, 1.807) is 60.5 Å². The van der Waals surface area contributed by atoms with Gasteiger partial charge in [0.1, 0.15) is 17.2 Å². The molecule has 1 spiro atoms. The summed E-state index contributed by atoms with van der Waals surface area (Å²) in [5, 5.41) is 4.41. The number of likely N-dealkylation sites (tertiary alicyclic amines) is 1. The van der Waals surface area contributed by atoms with Crippen molar-refractivity contribution in [1.29, 1.82) is 0 Å². The Morgan fingerprint density at radius 1 is 1.03 bits per heavy atom. The number of carbonyl (C=O) groups excluding carboxylic acids is 1. The van der Waals surface area contributed by atoms with Gasteiger partial charge in [0.25, 0.3) is 5.91 Å². The van der Waals surface area contributed by atoms with Crippen LogP contribution in [0.25, 0.3) is 11.3 Å². The first-order chi connectivity index (χ1) is 16.3. The first-order valence-electron chi connectivity index (χ1n) is 11.1. The maximum absolute atomic E-state index is 13.3. The zero-order valence-electron chi connectivity index (χ0n) is 18.7. The average molecular weight is 485 g/mol. The average Bonchev–Trinajstić information content (AvgIpc) is 3.44. The van der Waals surface area contributed by atoms with Crippen LogP contribution in [0.15, 0.2) is 65.6 Å². The quantitative estimate of drug-likeness (QED) is 0.569. The number of ether oxygens (including phenoxy) is 1. The highest BCUT2D eigenvalue weighted by Gasteiger charge is 2.51. The molecule has 0 radical (unpaired) electrons. The molecule has 1 aromatic heterocycles. The molecule has 0 aliphatic carbocycles. The minimum atomic E-state index is -3.71. The normalized spacial score (nSPS) is 18.5.